The lowest BCUT2D eigenvalue weighted by molar-refractivity contribution is 0.221. The van der Waals surface area contributed by atoms with Crippen molar-refractivity contribution in [1.82, 2.24) is 8.61 Å². The highest BCUT2D eigenvalue weighted by molar-refractivity contribution is 7.86. The maximum absolute atomic E-state index is 12.8. The van der Waals surface area contributed by atoms with Gasteiger partial charge >= 0.3 is 0 Å². The molecular weight excluding hydrogens is 310 g/mol. The van der Waals surface area contributed by atoms with Gasteiger partial charge in [-0.15, -0.1) is 12.4 Å². The first-order valence-corrected chi connectivity index (χ1v) is 9.38. The van der Waals surface area contributed by atoms with Gasteiger partial charge in [-0.1, -0.05) is 19.3 Å². The molecule has 1 saturated heterocycles. The monoisotopic (exact) mass is 339 g/mol. The Hall–Kier alpha value is 0.120. The van der Waals surface area contributed by atoms with Crippen molar-refractivity contribution in [2.75, 3.05) is 26.7 Å². The molecule has 0 radical (unpaired) electrons. The number of hydrogen-bond acceptors (Lipinski definition) is 3. The molecule has 1 aliphatic heterocycles. The highest BCUT2D eigenvalue weighted by Crippen LogP contribution is 2.27. The molecule has 2 aliphatic rings. The van der Waals surface area contributed by atoms with Gasteiger partial charge in [0.25, 0.3) is 10.2 Å². The van der Waals surface area contributed by atoms with Crippen LogP contribution >= 0.6 is 12.4 Å². The largest absolute Gasteiger partial charge is 0.330 e. The molecule has 21 heavy (non-hydrogen) atoms. The minimum Gasteiger partial charge on any atom is -0.330 e. The smallest absolute Gasteiger partial charge is 0.281 e. The summed E-state index contributed by atoms with van der Waals surface area (Å²) in [6.07, 6.45) is 8.57. The second kappa shape index (κ2) is 8.67. The Morgan fingerprint density at radius 3 is 2.43 bits per heavy atom. The van der Waals surface area contributed by atoms with Crippen LogP contribution in [0.2, 0.25) is 0 Å². The lowest BCUT2D eigenvalue weighted by atomic mass is 9.96. The van der Waals surface area contributed by atoms with Gasteiger partial charge in [-0.3, -0.25) is 0 Å². The van der Waals surface area contributed by atoms with Crippen LogP contribution in [-0.4, -0.2) is 49.8 Å². The SMILES string of the molecule is CN(C1CCCCC1)S(=O)(=O)N1CCCC(CCN)C1.Cl. The Morgan fingerprint density at radius 1 is 1.14 bits per heavy atom. The normalized spacial score (nSPS) is 25.8. The predicted molar refractivity (Wildman–Crippen MR) is 88.8 cm³/mol. The molecule has 126 valence electrons. The topological polar surface area (TPSA) is 66.6 Å². The molecule has 0 aromatic heterocycles. The molecule has 1 atom stereocenters. The van der Waals surface area contributed by atoms with Crippen LogP contribution in [0.15, 0.2) is 0 Å². The van der Waals surface area contributed by atoms with Crippen molar-refractivity contribution in [3.63, 3.8) is 0 Å². The fourth-order valence-corrected chi connectivity index (χ4v) is 5.23. The van der Waals surface area contributed by atoms with Crippen molar-refractivity contribution in [2.24, 2.45) is 11.7 Å². The number of nitrogens with zero attached hydrogens (tertiary/aromatic N) is 2. The molecule has 2 fully saturated rings. The first-order chi connectivity index (χ1) is 9.55. The number of rotatable bonds is 5. The summed E-state index contributed by atoms with van der Waals surface area (Å²) in [7, 11) is -1.53. The second-order valence-corrected chi connectivity index (χ2v) is 8.25. The van der Waals surface area contributed by atoms with Crippen molar-refractivity contribution in [2.45, 2.75) is 57.4 Å². The third-order valence-electron chi connectivity index (χ3n) is 4.84. The lowest BCUT2D eigenvalue weighted by Crippen LogP contribution is -2.50. The molecule has 0 amide bonds. The Bertz CT molecular complexity index is 397. The summed E-state index contributed by atoms with van der Waals surface area (Å²) in [6, 6.07) is 0.198. The minimum absolute atomic E-state index is 0. The molecule has 5 nitrogen and oxygen atoms in total. The van der Waals surface area contributed by atoms with Gasteiger partial charge in [-0.2, -0.15) is 17.0 Å². The number of halogens is 1. The molecule has 1 heterocycles. The van der Waals surface area contributed by atoms with Gasteiger partial charge in [-0.05, 0) is 44.6 Å². The molecule has 2 rings (SSSR count). The molecule has 2 N–H and O–H groups in total. The Labute approximate surface area is 135 Å². The molecule has 7 heteroatoms. The molecule has 0 aromatic rings. The summed E-state index contributed by atoms with van der Waals surface area (Å²) in [6.45, 7) is 1.97. The van der Waals surface area contributed by atoms with E-state index in [-0.39, 0.29) is 18.4 Å². The highest BCUT2D eigenvalue weighted by atomic mass is 35.5. The molecule has 1 aliphatic carbocycles. The Balaban J connectivity index is 0.00000220. The van der Waals surface area contributed by atoms with Crippen LogP contribution in [0.1, 0.15) is 51.4 Å². The van der Waals surface area contributed by atoms with Crippen molar-refractivity contribution in [3.05, 3.63) is 0 Å². The van der Waals surface area contributed by atoms with Gasteiger partial charge in [0.05, 0.1) is 0 Å². The van der Waals surface area contributed by atoms with Gasteiger partial charge in [-0.25, -0.2) is 0 Å². The Morgan fingerprint density at radius 2 is 1.81 bits per heavy atom. The highest BCUT2D eigenvalue weighted by Gasteiger charge is 2.35. The second-order valence-electron chi connectivity index (χ2n) is 6.26. The van der Waals surface area contributed by atoms with Crippen molar-refractivity contribution in [3.8, 4) is 0 Å². The zero-order valence-corrected chi connectivity index (χ0v) is 14.7. The number of nitrogens with two attached hydrogens (primary N) is 1. The van der Waals surface area contributed by atoms with Gasteiger partial charge in [0, 0.05) is 26.2 Å². The summed E-state index contributed by atoms with van der Waals surface area (Å²) >= 11 is 0. The summed E-state index contributed by atoms with van der Waals surface area (Å²) in [4.78, 5) is 0. The maximum Gasteiger partial charge on any atom is 0.281 e. The van der Waals surface area contributed by atoms with E-state index >= 15 is 0 Å². The fraction of sp³-hybridized carbons (Fsp3) is 1.00. The summed E-state index contributed by atoms with van der Waals surface area (Å²) in [5.74, 6) is 0.434. The first kappa shape index (κ1) is 19.2. The van der Waals surface area contributed by atoms with Crippen LogP contribution in [0.5, 0.6) is 0 Å². The average molecular weight is 340 g/mol. The van der Waals surface area contributed by atoms with Gasteiger partial charge in [0.2, 0.25) is 0 Å². The van der Waals surface area contributed by atoms with Crippen LogP contribution in [0.4, 0.5) is 0 Å². The van der Waals surface area contributed by atoms with E-state index in [9.17, 15) is 8.42 Å². The van der Waals surface area contributed by atoms with Gasteiger partial charge < -0.3 is 5.73 Å². The zero-order chi connectivity index (χ0) is 14.6. The van der Waals surface area contributed by atoms with E-state index < -0.39 is 10.2 Å². The van der Waals surface area contributed by atoms with Crippen LogP contribution in [0.3, 0.4) is 0 Å². The molecule has 0 spiro atoms. The van der Waals surface area contributed by atoms with E-state index in [4.69, 9.17) is 5.73 Å². The zero-order valence-electron chi connectivity index (χ0n) is 13.0. The first-order valence-electron chi connectivity index (χ1n) is 7.99. The van der Waals surface area contributed by atoms with E-state index in [1.807, 2.05) is 0 Å². The fourth-order valence-electron chi connectivity index (χ4n) is 3.52. The molecule has 0 aromatic carbocycles. The van der Waals surface area contributed by atoms with Crippen molar-refractivity contribution < 1.29 is 8.42 Å². The maximum atomic E-state index is 12.8. The van der Waals surface area contributed by atoms with E-state index in [2.05, 4.69) is 0 Å². The summed E-state index contributed by atoms with van der Waals surface area (Å²) < 4.78 is 28.8. The summed E-state index contributed by atoms with van der Waals surface area (Å²) in [5, 5.41) is 0. The summed E-state index contributed by atoms with van der Waals surface area (Å²) in [5.41, 5.74) is 5.61. The van der Waals surface area contributed by atoms with Crippen molar-refractivity contribution >= 4 is 22.6 Å². The minimum atomic E-state index is -3.29. The van der Waals surface area contributed by atoms with E-state index in [0.717, 1.165) is 44.9 Å². The predicted octanol–water partition coefficient (Wildman–Crippen LogP) is 1.98. The van der Waals surface area contributed by atoms with Crippen LogP contribution < -0.4 is 5.73 Å². The molecule has 1 unspecified atom stereocenters. The van der Waals surface area contributed by atoms with E-state index in [1.165, 1.54) is 6.42 Å². The third-order valence-corrected chi connectivity index (χ3v) is 6.85. The third kappa shape index (κ3) is 4.79. The number of piperidine rings is 1. The Kier molecular flexibility index (Phi) is 7.92. The molecular formula is C14H30ClN3O2S. The molecule has 1 saturated carbocycles. The van der Waals surface area contributed by atoms with Gasteiger partial charge in [0.15, 0.2) is 0 Å². The van der Waals surface area contributed by atoms with Crippen LogP contribution in [0, 0.1) is 5.92 Å². The van der Waals surface area contributed by atoms with Crippen LogP contribution in [0.25, 0.3) is 0 Å². The quantitative estimate of drug-likeness (QED) is 0.832. The number of hydrogen-bond donors (Lipinski definition) is 1. The standard InChI is InChI=1S/C14H29N3O2S.ClH/c1-16(14-7-3-2-4-8-14)20(18,19)17-11-5-6-13(12-17)9-10-15;/h13-14H,2-12,15H2,1H3;1H. The molecule has 0 bridgehead atoms. The average Bonchev–Trinajstić information content (AvgIpc) is 2.48. The van der Waals surface area contributed by atoms with Gasteiger partial charge in [0.1, 0.15) is 0 Å². The lowest BCUT2D eigenvalue weighted by Gasteiger charge is -2.38. The van der Waals surface area contributed by atoms with E-state index in [1.54, 1.807) is 15.7 Å². The van der Waals surface area contributed by atoms with E-state index in [0.29, 0.717) is 25.6 Å². The van der Waals surface area contributed by atoms with Crippen LogP contribution in [-0.2, 0) is 10.2 Å². The van der Waals surface area contributed by atoms with Crippen molar-refractivity contribution in [1.29, 1.82) is 0 Å².